The van der Waals surface area contributed by atoms with Gasteiger partial charge in [-0.05, 0) is 107 Å². The van der Waals surface area contributed by atoms with Crippen LogP contribution in [0.5, 0.6) is 0 Å². The molecule has 3 N–H and O–H groups in total. The molecular formula is C51H79NO13. The van der Waals surface area contributed by atoms with Gasteiger partial charge in [-0.1, -0.05) is 71.1 Å². The Labute approximate surface area is 387 Å². The molecule has 15 atom stereocenters. The van der Waals surface area contributed by atoms with Crippen molar-refractivity contribution >= 4 is 29.2 Å². The van der Waals surface area contributed by atoms with Gasteiger partial charge in [-0.3, -0.25) is 19.2 Å². The number of hydrogen-bond acceptors (Lipinski definition) is 13. The van der Waals surface area contributed by atoms with Crippen molar-refractivity contribution in [1.82, 2.24) is 4.90 Å². The van der Waals surface area contributed by atoms with Gasteiger partial charge in [-0.15, -0.1) is 0 Å². The monoisotopic (exact) mass is 914 g/mol. The number of piperidine rings is 1. The summed E-state index contributed by atoms with van der Waals surface area (Å²) in [7, 11) is 4.53. The molecule has 0 aromatic heterocycles. The van der Waals surface area contributed by atoms with Crippen LogP contribution >= 0.6 is 0 Å². The molecule has 14 heteroatoms. The smallest absolute Gasteiger partial charge is 0.329 e. The van der Waals surface area contributed by atoms with Gasteiger partial charge < -0.3 is 43.9 Å². The lowest BCUT2D eigenvalue weighted by atomic mass is 9.78. The van der Waals surface area contributed by atoms with Crippen molar-refractivity contribution in [1.29, 1.82) is 0 Å². The Hall–Kier alpha value is -3.37. The van der Waals surface area contributed by atoms with E-state index in [1.165, 1.54) is 12.0 Å². The molecule has 0 radical (unpaired) electrons. The number of aliphatic hydroxyl groups is 3. The second-order valence-corrected chi connectivity index (χ2v) is 19.6. The predicted octanol–water partition coefficient (Wildman–Crippen LogP) is 6.18. The summed E-state index contributed by atoms with van der Waals surface area (Å²) in [5.74, 6) is -7.93. The molecule has 0 spiro atoms. The quantitative estimate of drug-likeness (QED) is 0.202. The molecule has 3 unspecified atom stereocenters. The van der Waals surface area contributed by atoms with E-state index in [-0.39, 0.29) is 54.8 Å². The fourth-order valence-corrected chi connectivity index (χ4v) is 10.1. The number of cyclic esters (lactones) is 1. The van der Waals surface area contributed by atoms with Crippen LogP contribution in [0.2, 0.25) is 0 Å². The Bertz CT molecular complexity index is 1760. The van der Waals surface area contributed by atoms with E-state index >= 15 is 0 Å². The third kappa shape index (κ3) is 14.3. The first-order valence-electron chi connectivity index (χ1n) is 23.9. The van der Waals surface area contributed by atoms with E-state index < -0.39 is 83.9 Å². The molecule has 4 rings (SSSR count). The fraction of sp³-hybridized carbons (Fsp3) is 0.745. The number of carbonyl (C=O) groups is 5. The molecule has 0 aromatic carbocycles. The molecule has 3 aliphatic heterocycles. The van der Waals surface area contributed by atoms with Crippen LogP contribution in [0.15, 0.2) is 47.6 Å². The molecule has 2 bridgehead atoms. The normalized spacial score (nSPS) is 37.8. The van der Waals surface area contributed by atoms with Gasteiger partial charge in [0.2, 0.25) is 5.79 Å². The van der Waals surface area contributed by atoms with Crippen molar-refractivity contribution < 1.29 is 63.0 Å². The molecule has 3 fully saturated rings. The van der Waals surface area contributed by atoms with E-state index in [4.69, 9.17) is 23.7 Å². The first kappa shape index (κ1) is 54.2. The summed E-state index contributed by atoms with van der Waals surface area (Å²) in [6.45, 7) is 12.7. The maximum absolute atomic E-state index is 14.4. The zero-order valence-corrected chi connectivity index (χ0v) is 40.6. The molecule has 14 nitrogen and oxygen atoms in total. The molecule has 1 aliphatic carbocycles. The Morgan fingerprint density at radius 3 is 2.26 bits per heavy atom. The van der Waals surface area contributed by atoms with Gasteiger partial charge in [0.15, 0.2) is 11.6 Å². The molecular weight excluding hydrogens is 835 g/mol. The van der Waals surface area contributed by atoms with Crippen molar-refractivity contribution in [2.24, 2.45) is 35.5 Å². The third-order valence-electron chi connectivity index (χ3n) is 14.5. The van der Waals surface area contributed by atoms with Crippen molar-refractivity contribution in [2.45, 2.75) is 180 Å². The number of methoxy groups -OCH3 is 3. The second-order valence-electron chi connectivity index (χ2n) is 19.6. The number of hydrogen-bond donors (Lipinski definition) is 3. The van der Waals surface area contributed by atoms with Gasteiger partial charge in [0.25, 0.3) is 11.7 Å². The molecule has 2 saturated heterocycles. The molecule has 4 aliphatic rings. The molecule has 3 heterocycles. The molecule has 65 heavy (non-hydrogen) atoms. The number of nitrogens with zero attached hydrogens (tertiary/aromatic N) is 1. The van der Waals surface area contributed by atoms with Crippen LogP contribution in [0.3, 0.4) is 0 Å². The van der Waals surface area contributed by atoms with Gasteiger partial charge in [0, 0.05) is 58.5 Å². The van der Waals surface area contributed by atoms with E-state index in [9.17, 15) is 39.3 Å². The number of ketones is 3. The number of fused-ring (bicyclic) bond motifs is 3. The molecule has 1 amide bonds. The van der Waals surface area contributed by atoms with Crippen molar-refractivity contribution in [3.8, 4) is 0 Å². The van der Waals surface area contributed by atoms with Gasteiger partial charge in [0.05, 0.1) is 30.5 Å². The molecule has 0 aromatic rings. The Kier molecular flexibility index (Phi) is 21.0. The highest BCUT2D eigenvalue weighted by Crippen LogP contribution is 2.38. The highest BCUT2D eigenvalue weighted by Gasteiger charge is 2.53. The van der Waals surface area contributed by atoms with Crippen molar-refractivity contribution in [3.05, 3.63) is 47.6 Å². The summed E-state index contributed by atoms with van der Waals surface area (Å²) in [6, 6.07) is -1.14. The summed E-state index contributed by atoms with van der Waals surface area (Å²) in [6.07, 6.45) is 11.2. The van der Waals surface area contributed by atoms with E-state index in [0.717, 1.165) is 12.0 Å². The minimum atomic E-state index is -2.43. The highest BCUT2D eigenvalue weighted by molar-refractivity contribution is 6.39. The van der Waals surface area contributed by atoms with E-state index in [1.807, 2.05) is 58.1 Å². The zero-order valence-electron chi connectivity index (χ0n) is 40.6. The van der Waals surface area contributed by atoms with E-state index in [0.29, 0.717) is 63.4 Å². The van der Waals surface area contributed by atoms with Crippen LogP contribution in [0.1, 0.15) is 126 Å². The zero-order chi connectivity index (χ0) is 48.2. The van der Waals surface area contributed by atoms with E-state index in [2.05, 4.69) is 0 Å². The summed E-state index contributed by atoms with van der Waals surface area (Å²) in [5, 5.41) is 33.9. The highest BCUT2D eigenvalue weighted by atomic mass is 16.6. The molecule has 366 valence electrons. The third-order valence-corrected chi connectivity index (χ3v) is 14.5. The number of ether oxygens (including phenoxy) is 5. The van der Waals surface area contributed by atoms with Crippen molar-refractivity contribution in [2.75, 3.05) is 27.9 Å². The van der Waals surface area contributed by atoms with Crippen LogP contribution < -0.4 is 0 Å². The SMILES string of the molecule is CO[C@H]1CC2CC[C@@H](C)[C@@](O)(O2)C(=O)C(=O)N2CCCCC2C(=O)O[C@H]([C@H](C)C[C@@H]2CC[C@@H](O)[C@H](OC)C2)CC(=O)C(C)=CC(C)[C@H](O)[C@@H](OC)C(=O)[C@H](C)C[C@H](C)C=CC=CC=C1C. The minimum Gasteiger partial charge on any atom is -0.460 e. The largest absolute Gasteiger partial charge is 0.460 e. The van der Waals surface area contributed by atoms with Crippen LogP contribution in [0.25, 0.3) is 0 Å². The standard InChI is InChI=1S/C51H79NO13/c1-30-16-12-11-13-17-31(2)42(61-8)28-38-21-19-36(7)51(60,65-38)48(57)49(58)52-23-15-14-18-39(52)50(59)64-43(33(4)26-37-20-22-40(53)44(27-37)62-9)29-41(54)32(3)25-35(6)46(56)47(63-10)45(55)34(5)24-30/h11-13,16-17,25,30,33-40,42-44,46-47,53,56,60H,14-15,18-24,26-29H2,1-10H3/t30-,33-,34-,35?,36-,37+,38?,39?,40-,42+,43+,44-,46+,47+,51-/m1/s1. The number of aliphatic hydroxyl groups excluding tert-OH is 2. The summed E-state index contributed by atoms with van der Waals surface area (Å²) in [5.41, 5.74) is 1.19. The van der Waals surface area contributed by atoms with Crippen LogP contribution in [-0.2, 0) is 47.7 Å². The lowest BCUT2D eigenvalue weighted by Crippen LogP contribution is -2.61. The van der Waals surface area contributed by atoms with Crippen LogP contribution in [0.4, 0.5) is 0 Å². The number of amides is 1. The average Bonchev–Trinajstić information content (AvgIpc) is 3.28. The second kappa shape index (κ2) is 25.1. The number of rotatable bonds is 6. The van der Waals surface area contributed by atoms with Gasteiger partial charge in [-0.25, -0.2) is 4.79 Å². The van der Waals surface area contributed by atoms with Gasteiger partial charge in [0.1, 0.15) is 18.2 Å². The number of allylic oxidation sites excluding steroid dienone is 6. The maximum Gasteiger partial charge on any atom is 0.329 e. The summed E-state index contributed by atoms with van der Waals surface area (Å²) >= 11 is 0. The number of carbonyl (C=O) groups excluding carboxylic acids is 5. The fourth-order valence-electron chi connectivity index (χ4n) is 10.1. The van der Waals surface area contributed by atoms with Gasteiger partial charge >= 0.3 is 5.97 Å². The first-order chi connectivity index (χ1) is 30.7. The average molecular weight is 914 g/mol. The molecule has 1 saturated carbocycles. The van der Waals surface area contributed by atoms with E-state index in [1.54, 1.807) is 41.1 Å². The summed E-state index contributed by atoms with van der Waals surface area (Å²) in [4.78, 5) is 71.7. The Balaban J connectivity index is 1.70. The van der Waals surface area contributed by atoms with Crippen molar-refractivity contribution in [3.63, 3.8) is 0 Å². The van der Waals surface area contributed by atoms with Crippen LogP contribution in [-0.4, -0.2) is 132 Å². The summed E-state index contributed by atoms with van der Waals surface area (Å²) < 4.78 is 29.4. The minimum absolute atomic E-state index is 0.0220. The predicted molar refractivity (Wildman–Crippen MR) is 245 cm³/mol. The lowest BCUT2D eigenvalue weighted by molar-refractivity contribution is -0.265. The first-order valence-corrected chi connectivity index (χ1v) is 23.9. The maximum atomic E-state index is 14.4. The van der Waals surface area contributed by atoms with Crippen LogP contribution in [0, 0.1) is 35.5 Å². The Morgan fingerprint density at radius 2 is 1.58 bits per heavy atom. The number of Topliss-reactive ketones (excluding diaryl/α,β-unsaturated/α-hetero) is 3. The lowest BCUT2D eigenvalue weighted by Gasteiger charge is -2.42. The number of esters is 1. The Morgan fingerprint density at radius 1 is 0.862 bits per heavy atom. The topological polar surface area (TPSA) is 195 Å². The van der Waals surface area contributed by atoms with Gasteiger partial charge in [-0.2, -0.15) is 0 Å².